The van der Waals surface area contributed by atoms with Crippen molar-refractivity contribution < 1.29 is 76.1 Å². The number of hydrogen-bond acceptors (Lipinski definition) is 19. The maximum atomic E-state index is 14.5. The quantitative estimate of drug-likeness (QED) is 0.0736. The first-order valence-corrected chi connectivity index (χ1v) is 29.0. The van der Waals surface area contributed by atoms with Gasteiger partial charge in [-0.3, -0.25) is 9.59 Å². The van der Waals surface area contributed by atoms with E-state index in [1.165, 1.54) is 64.9 Å². The van der Waals surface area contributed by atoms with Crippen LogP contribution in [-0.4, -0.2) is 123 Å². The summed E-state index contributed by atoms with van der Waals surface area (Å²) >= 11 is 0. The molecule has 2 aromatic heterocycles. The van der Waals surface area contributed by atoms with Gasteiger partial charge in [-0.2, -0.15) is 0 Å². The van der Waals surface area contributed by atoms with Crippen LogP contribution in [0, 0.1) is 11.8 Å². The van der Waals surface area contributed by atoms with Gasteiger partial charge in [0.2, 0.25) is 18.1 Å². The van der Waals surface area contributed by atoms with Crippen LogP contribution in [0.2, 0.25) is 0 Å². The number of pyridine rings is 2. The average molecular weight is 1160 g/mol. The van der Waals surface area contributed by atoms with E-state index in [9.17, 15) is 28.8 Å². The number of methoxy groups -OCH3 is 3. The molecule has 442 valence electrons. The van der Waals surface area contributed by atoms with Crippen LogP contribution < -0.4 is 38.7 Å². The highest BCUT2D eigenvalue weighted by atomic mass is 16.7. The van der Waals surface area contributed by atoms with Gasteiger partial charge in [0.05, 0.1) is 68.4 Å². The van der Waals surface area contributed by atoms with Crippen LogP contribution in [0.4, 0.5) is 4.79 Å². The number of aryl methyl sites for hydroxylation is 1. The van der Waals surface area contributed by atoms with E-state index in [4.69, 9.17) is 57.1 Å². The van der Waals surface area contributed by atoms with Crippen molar-refractivity contribution in [1.29, 1.82) is 0 Å². The van der Waals surface area contributed by atoms with E-state index in [1.54, 1.807) is 58.9 Å². The van der Waals surface area contributed by atoms with Gasteiger partial charge >= 0.3 is 30.0 Å². The van der Waals surface area contributed by atoms with Gasteiger partial charge in [-0.25, -0.2) is 24.2 Å². The summed E-state index contributed by atoms with van der Waals surface area (Å²) in [6, 6.07) is 20.6. The van der Waals surface area contributed by atoms with Gasteiger partial charge in [0, 0.05) is 53.0 Å². The van der Waals surface area contributed by atoms with Crippen LogP contribution in [0.1, 0.15) is 114 Å². The highest BCUT2D eigenvalue weighted by molar-refractivity contribution is 5.92. The zero-order valence-corrected chi connectivity index (χ0v) is 47.9. The second-order valence-electron chi connectivity index (χ2n) is 22.4. The number of carbonyl (C=O) groups is 5. The fourth-order valence-corrected chi connectivity index (χ4v) is 13.8. The molecule has 3 fully saturated rings. The van der Waals surface area contributed by atoms with E-state index in [-0.39, 0.29) is 61.5 Å². The molecule has 0 N–H and O–H groups in total. The van der Waals surface area contributed by atoms with Crippen molar-refractivity contribution in [1.82, 2.24) is 19.4 Å². The van der Waals surface area contributed by atoms with Crippen LogP contribution in [0.5, 0.6) is 40.2 Å². The van der Waals surface area contributed by atoms with Gasteiger partial charge < -0.3 is 66.5 Å². The van der Waals surface area contributed by atoms with Crippen LogP contribution in [0.25, 0.3) is 22.3 Å². The molecule has 4 aromatic carbocycles. The molecular weight excluding hydrogens is 1100 g/mol. The SMILES string of the molecule is CCc1c2c(nc3ccc(OC(=O)N4CCC(N5CCCCC5)CC4)cc13)-c1cc3c(c(=O)n1C2)COC(=O)C3(CC)OC(=O)COc1ccc(C(=O)OC2c3cc4c(cc3[C@H](c3cc(OC)c(OC)c(OC)c3)[C@H]3C(=O)OC[C@@H]23)OCO4)cc1. The molecule has 1 amide bonds. The van der Waals surface area contributed by atoms with Gasteiger partial charge in [0.15, 0.2) is 29.6 Å². The molecule has 8 heterocycles. The number of amides is 1. The molecule has 13 rings (SSSR count). The highest BCUT2D eigenvalue weighted by Crippen LogP contribution is 2.57. The zero-order valence-electron chi connectivity index (χ0n) is 47.9. The number of carbonyl (C=O) groups excluding carboxylic acids is 5. The summed E-state index contributed by atoms with van der Waals surface area (Å²) in [7, 11) is 4.52. The van der Waals surface area contributed by atoms with Crippen LogP contribution in [-0.2, 0) is 58.5 Å². The van der Waals surface area contributed by atoms with Crippen molar-refractivity contribution in [2.24, 2.45) is 11.8 Å². The second kappa shape index (κ2) is 22.3. The Labute approximate surface area is 488 Å². The number of hydrogen-bond donors (Lipinski definition) is 0. The summed E-state index contributed by atoms with van der Waals surface area (Å²) in [5.74, 6) is -2.25. The third-order valence-corrected chi connectivity index (χ3v) is 18.1. The van der Waals surface area contributed by atoms with E-state index in [1.807, 2.05) is 13.0 Å². The first-order chi connectivity index (χ1) is 41.3. The van der Waals surface area contributed by atoms with E-state index in [0.717, 1.165) is 42.4 Å². The normalized spacial score (nSPS) is 22.0. The fraction of sp³-hybridized carbons (Fsp3) is 0.422. The maximum Gasteiger partial charge on any atom is 0.415 e. The first-order valence-electron chi connectivity index (χ1n) is 29.0. The number of nitrogens with zero attached hydrogens (tertiary/aromatic N) is 4. The Kier molecular flexibility index (Phi) is 14.5. The Morgan fingerprint density at radius 3 is 2.18 bits per heavy atom. The number of likely N-dealkylation sites (tertiary alicyclic amines) is 2. The minimum absolute atomic E-state index is 0.0170. The lowest BCUT2D eigenvalue weighted by atomic mass is 9.66. The van der Waals surface area contributed by atoms with Crippen LogP contribution >= 0.6 is 0 Å². The number of piperidine rings is 2. The van der Waals surface area contributed by atoms with E-state index in [0.29, 0.717) is 93.6 Å². The van der Waals surface area contributed by atoms with Gasteiger partial charge in [-0.1, -0.05) is 20.3 Å². The third-order valence-electron chi connectivity index (χ3n) is 18.1. The number of esters is 4. The lowest BCUT2D eigenvalue weighted by Gasteiger charge is -2.39. The molecular formula is C64H64N4O17. The first kappa shape index (κ1) is 55.3. The summed E-state index contributed by atoms with van der Waals surface area (Å²) < 4.78 is 65.6. The van der Waals surface area contributed by atoms with Gasteiger partial charge in [0.1, 0.15) is 24.2 Å². The van der Waals surface area contributed by atoms with E-state index < -0.39 is 65.5 Å². The average Bonchev–Trinajstić information content (AvgIpc) is 2.90. The van der Waals surface area contributed by atoms with Crippen LogP contribution in [0.15, 0.2) is 77.6 Å². The summed E-state index contributed by atoms with van der Waals surface area (Å²) in [6.07, 6.45) is 4.77. The number of rotatable bonds is 14. The monoisotopic (exact) mass is 1160 g/mol. The molecule has 2 unspecified atom stereocenters. The number of aromatic nitrogens is 2. The molecule has 7 aliphatic rings. The number of cyclic esters (lactones) is 2. The Balaban J connectivity index is 0.704. The topological polar surface area (TPSA) is 228 Å². The number of fused-ring (bicyclic) bond motifs is 8. The van der Waals surface area contributed by atoms with Crippen molar-refractivity contribution in [3.63, 3.8) is 0 Å². The second-order valence-corrected chi connectivity index (χ2v) is 22.4. The third kappa shape index (κ3) is 9.55. The van der Waals surface area contributed by atoms with Crippen molar-refractivity contribution in [2.45, 2.75) is 95.6 Å². The van der Waals surface area contributed by atoms with Crippen molar-refractivity contribution in [2.75, 3.05) is 67.5 Å². The Morgan fingerprint density at radius 2 is 1.48 bits per heavy atom. The smallest absolute Gasteiger partial charge is 0.415 e. The van der Waals surface area contributed by atoms with Gasteiger partial charge in [-0.05, 0) is 141 Å². The zero-order chi connectivity index (χ0) is 58.8. The van der Waals surface area contributed by atoms with Gasteiger partial charge in [0.25, 0.3) is 5.56 Å². The minimum atomic E-state index is -2.00. The molecule has 6 aliphatic heterocycles. The summed E-state index contributed by atoms with van der Waals surface area (Å²) in [6.45, 7) is 6.40. The Hall–Kier alpha value is -8.85. The fourth-order valence-electron chi connectivity index (χ4n) is 13.8. The minimum Gasteiger partial charge on any atom is -0.493 e. The van der Waals surface area contributed by atoms with Crippen molar-refractivity contribution in [3.05, 3.63) is 128 Å². The molecule has 0 spiro atoms. The molecule has 21 heteroatoms. The molecule has 85 heavy (non-hydrogen) atoms. The highest BCUT2D eigenvalue weighted by Gasteiger charge is 2.55. The van der Waals surface area contributed by atoms with E-state index in [2.05, 4.69) is 4.90 Å². The van der Waals surface area contributed by atoms with Gasteiger partial charge in [-0.15, -0.1) is 0 Å². The van der Waals surface area contributed by atoms with Crippen molar-refractivity contribution in [3.8, 4) is 51.6 Å². The predicted molar refractivity (Wildman–Crippen MR) is 302 cm³/mol. The molecule has 0 radical (unpaired) electrons. The molecule has 0 saturated carbocycles. The molecule has 1 aliphatic carbocycles. The number of ether oxygens (including phenoxy) is 11. The summed E-state index contributed by atoms with van der Waals surface area (Å²) in [4.78, 5) is 93.1. The number of benzene rings is 4. The lowest BCUT2D eigenvalue weighted by Crippen LogP contribution is -2.48. The molecule has 5 atom stereocenters. The Bertz CT molecular complexity index is 3750. The lowest BCUT2D eigenvalue weighted by molar-refractivity contribution is -0.190. The standard InChI is InChI=1S/C64H64N4O17/c1-6-39-40-25-38(83-63(74)67-21-17-36(18-22-67)66-19-9-8-10-20-66)15-16-47(40)65-56-43(39)29-68-48(56)28-46-44(59(68)70)30-80-62(73)64(46,7-2)85-53(69)32-78-37-13-11-34(12-14-37)60(71)84-57-42-27-50-49(81-33-82-50)26-41(42)54(55-45(57)31-79-61(55)72)35-23-51(75-3)58(77-5)52(24-35)76-4/h11-16,23-28,36,45,54-55,57H,6-10,17-22,29-33H2,1-5H3/t45-,54+,55+,57?,64?/m1/s1. The molecule has 3 saturated heterocycles. The van der Waals surface area contributed by atoms with Crippen molar-refractivity contribution >= 4 is 40.9 Å². The maximum absolute atomic E-state index is 14.5. The van der Waals surface area contributed by atoms with Crippen LogP contribution in [0.3, 0.4) is 0 Å². The predicted octanol–water partition coefficient (Wildman–Crippen LogP) is 8.31. The van der Waals surface area contributed by atoms with E-state index >= 15 is 0 Å². The molecule has 6 aromatic rings. The Morgan fingerprint density at radius 1 is 0.765 bits per heavy atom. The summed E-state index contributed by atoms with van der Waals surface area (Å²) in [5.41, 5.74) is 3.46. The summed E-state index contributed by atoms with van der Waals surface area (Å²) in [5, 5.41) is 0.798. The molecule has 0 bridgehead atoms. The molecule has 21 nitrogen and oxygen atoms in total. The largest absolute Gasteiger partial charge is 0.493 e.